The highest BCUT2D eigenvalue weighted by atomic mass is 16.2. The predicted molar refractivity (Wildman–Crippen MR) is 109 cm³/mol. The third-order valence-electron chi connectivity index (χ3n) is 5.90. The maximum absolute atomic E-state index is 13.1. The molecule has 1 aliphatic carbocycles. The Morgan fingerprint density at radius 3 is 2.56 bits per heavy atom. The van der Waals surface area contributed by atoms with Gasteiger partial charge in [0.25, 0.3) is 0 Å². The van der Waals surface area contributed by atoms with E-state index in [0.717, 1.165) is 70.3 Å². The average Bonchev–Trinajstić information content (AvgIpc) is 2.70. The highest BCUT2D eigenvalue weighted by molar-refractivity contribution is 5.96. The van der Waals surface area contributed by atoms with Gasteiger partial charge in [-0.05, 0) is 77.2 Å². The summed E-state index contributed by atoms with van der Waals surface area (Å²) < 4.78 is 0. The van der Waals surface area contributed by atoms with Gasteiger partial charge < -0.3 is 15.1 Å². The monoisotopic (exact) mass is 371 g/mol. The van der Waals surface area contributed by atoms with Crippen LogP contribution in [0.1, 0.15) is 44.1 Å². The first-order chi connectivity index (χ1) is 13.1. The van der Waals surface area contributed by atoms with E-state index in [4.69, 9.17) is 0 Å². The van der Waals surface area contributed by atoms with E-state index in [9.17, 15) is 9.59 Å². The van der Waals surface area contributed by atoms with Crippen LogP contribution in [-0.2, 0) is 16.0 Å². The third-order valence-corrected chi connectivity index (χ3v) is 5.90. The summed E-state index contributed by atoms with van der Waals surface area (Å²) in [6, 6.07) is 8.27. The normalized spacial score (nSPS) is 22.4. The molecule has 148 valence electrons. The Labute approximate surface area is 163 Å². The Kier molecular flexibility index (Phi) is 6.89. The number of nitrogens with one attached hydrogen (secondary N) is 1. The molecule has 1 saturated carbocycles. The van der Waals surface area contributed by atoms with Crippen molar-refractivity contribution in [3.63, 3.8) is 0 Å². The summed E-state index contributed by atoms with van der Waals surface area (Å²) in [6.45, 7) is 2.54. The first-order valence-corrected chi connectivity index (χ1v) is 10.4. The zero-order valence-electron chi connectivity index (χ0n) is 16.7. The molecular weight excluding hydrogens is 338 g/mol. The molecule has 5 nitrogen and oxygen atoms in total. The van der Waals surface area contributed by atoms with E-state index in [2.05, 4.69) is 28.4 Å². The topological polar surface area (TPSA) is 52.7 Å². The van der Waals surface area contributed by atoms with Gasteiger partial charge in [0, 0.05) is 30.6 Å². The van der Waals surface area contributed by atoms with Crippen LogP contribution in [0.2, 0.25) is 0 Å². The number of hydrogen-bond acceptors (Lipinski definition) is 3. The molecule has 0 atom stereocenters. The maximum Gasteiger partial charge on any atom is 0.230 e. The molecule has 0 bridgehead atoms. The average molecular weight is 372 g/mol. The highest BCUT2D eigenvalue weighted by Gasteiger charge is 2.33. The number of anilines is 1. The fourth-order valence-electron chi connectivity index (χ4n) is 4.34. The number of hydrogen-bond donors (Lipinski definition) is 1. The number of carbonyl (C=O) groups excluding carboxylic acids is 2. The van der Waals surface area contributed by atoms with Crippen LogP contribution in [0.4, 0.5) is 5.69 Å². The molecule has 2 aliphatic rings. The molecule has 1 aromatic rings. The van der Waals surface area contributed by atoms with E-state index in [1.165, 1.54) is 5.56 Å². The standard InChI is InChI=1S/C22H33N3O2/c1-24(2)15-6-14-23-21(26)18-10-12-19(13-11-18)22(27)25-16-5-8-17-7-3-4-9-20(17)25/h3-4,7,9,18-19H,5-6,8,10-16H2,1-2H3,(H,23,26). The number of para-hydroxylation sites is 1. The molecule has 0 saturated heterocycles. The van der Waals surface area contributed by atoms with Crippen LogP contribution in [0, 0.1) is 11.8 Å². The summed E-state index contributed by atoms with van der Waals surface area (Å²) in [6.07, 6.45) is 6.37. The lowest BCUT2D eigenvalue weighted by atomic mass is 9.80. The third kappa shape index (κ3) is 5.10. The van der Waals surface area contributed by atoms with Crippen LogP contribution >= 0.6 is 0 Å². The quantitative estimate of drug-likeness (QED) is 0.783. The summed E-state index contributed by atoms with van der Waals surface area (Å²) in [4.78, 5) is 29.6. The van der Waals surface area contributed by atoms with Gasteiger partial charge in [-0.25, -0.2) is 0 Å². The highest BCUT2D eigenvalue weighted by Crippen LogP contribution is 2.34. The van der Waals surface area contributed by atoms with Gasteiger partial charge in [-0.15, -0.1) is 0 Å². The van der Waals surface area contributed by atoms with Gasteiger partial charge in [-0.3, -0.25) is 9.59 Å². The van der Waals surface area contributed by atoms with Gasteiger partial charge in [0.2, 0.25) is 11.8 Å². The number of fused-ring (bicyclic) bond motifs is 1. The number of nitrogens with zero attached hydrogens (tertiary/aromatic N) is 2. The second-order valence-electron chi connectivity index (χ2n) is 8.22. The molecule has 1 fully saturated rings. The van der Waals surface area contributed by atoms with Gasteiger partial charge in [-0.1, -0.05) is 18.2 Å². The van der Waals surface area contributed by atoms with Gasteiger partial charge in [0.1, 0.15) is 0 Å². The molecule has 27 heavy (non-hydrogen) atoms. The zero-order valence-corrected chi connectivity index (χ0v) is 16.7. The molecule has 1 aliphatic heterocycles. The van der Waals surface area contributed by atoms with Crippen molar-refractivity contribution >= 4 is 17.5 Å². The Morgan fingerprint density at radius 1 is 1.11 bits per heavy atom. The first-order valence-electron chi connectivity index (χ1n) is 10.4. The smallest absolute Gasteiger partial charge is 0.230 e. The molecule has 5 heteroatoms. The van der Waals surface area contributed by atoms with Crippen molar-refractivity contribution in [2.24, 2.45) is 11.8 Å². The van der Waals surface area contributed by atoms with Gasteiger partial charge in [0.15, 0.2) is 0 Å². The molecule has 0 aromatic heterocycles. The lowest BCUT2D eigenvalue weighted by Gasteiger charge is -2.35. The molecule has 0 radical (unpaired) electrons. The summed E-state index contributed by atoms with van der Waals surface area (Å²) in [7, 11) is 4.09. The van der Waals surface area contributed by atoms with E-state index < -0.39 is 0 Å². The minimum absolute atomic E-state index is 0.0638. The number of amides is 2. The second-order valence-corrected chi connectivity index (χ2v) is 8.22. The van der Waals surface area contributed by atoms with E-state index in [1.54, 1.807) is 0 Å². The van der Waals surface area contributed by atoms with Crippen molar-refractivity contribution in [2.45, 2.75) is 44.9 Å². The van der Waals surface area contributed by atoms with Crippen molar-refractivity contribution < 1.29 is 9.59 Å². The second kappa shape index (κ2) is 9.36. The van der Waals surface area contributed by atoms with Crippen molar-refractivity contribution in [1.29, 1.82) is 0 Å². The minimum Gasteiger partial charge on any atom is -0.356 e. The summed E-state index contributed by atoms with van der Waals surface area (Å²) >= 11 is 0. The summed E-state index contributed by atoms with van der Waals surface area (Å²) in [5, 5.41) is 3.07. The first kappa shape index (κ1) is 19.9. The van der Waals surface area contributed by atoms with Crippen LogP contribution in [-0.4, -0.2) is 50.4 Å². The van der Waals surface area contributed by atoms with Crippen molar-refractivity contribution in [1.82, 2.24) is 10.2 Å². The lowest BCUT2D eigenvalue weighted by Crippen LogP contribution is -2.42. The number of benzene rings is 1. The molecule has 1 heterocycles. The van der Waals surface area contributed by atoms with Crippen LogP contribution < -0.4 is 10.2 Å². The Balaban J connectivity index is 1.48. The molecule has 1 aromatic carbocycles. The van der Waals surface area contributed by atoms with Gasteiger partial charge in [0.05, 0.1) is 0 Å². The molecular formula is C22H33N3O2. The van der Waals surface area contributed by atoms with Crippen LogP contribution in [0.3, 0.4) is 0 Å². The van der Waals surface area contributed by atoms with Crippen LogP contribution in [0.25, 0.3) is 0 Å². The zero-order chi connectivity index (χ0) is 19.2. The Bertz CT molecular complexity index is 651. The van der Waals surface area contributed by atoms with E-state index in [-0.39, 0.29) is 23.7 Å². The van der Waals surface area contributed by atoms with E-state index in [0.29, 0.717) is 0 Å². The number of aryl methyl sites for hydroxylation is 1. The molecule has 2 amide bonds. The summed E-state index contributed by atoms with van der Waals surface area (Å²) in [5.74, 6) is 0.561. The molecule has 0 spiro atoms. The van der Waals surface area contributed by atoms with Gasteiger partial charge >= 0.3 is 0 Å². The van der Waals surface area contributed by atoms with Gasteiger partial charge in [-0.2, -0.15) is 0 Å². The lowest BCUT2D eigenvalue weighted by molar-refractivity contribution is -0.129. The molecule has 1 N–H and O–H groups in total. The SMILES string of the molecule is CN(C)CCCNC(=O)C1CCC(C(=O)N2CCCc3ccccc32)CC1. The Morgan fingerprint density at radius 2 is 1.81 bits per heavy atom. The minimum atomic E-state index is 0.0638. The van der Waals surface area contributed by atoms with Crippen LogP contribution in [0.5, 0.6) is 0 Å². The summed E-state index contributed by atoms with van der Waals surface area (Å²) in [5.41, 5.74) is 2.37. The van der Waals surface area contributed by atoms with Crippen molar-refractivity contribution in [2.75, 3.05) is 38.6 Å². The largest absolute Gasteiger partial charge is 0.356 e. The molecule has 3 rings (SSSR count). The van der Waals surface area contributed by atoms with E-state index >= 15 is 0 Å². The van der Waals surface area contributed by atoms with Crippen molar-refractivity contribution in [3.05, 3.63) is 29.8 Å². The van der Waals surface area contributed by atoms with Crippen LogP contribution in [0.15, 0.2) is 24.3 Å². The number of carbonyl (C=O) groups is 2. The predicted octanol–water partition coefficient (Wildman–Crippen LogP) is 2.84. The van der Waals surface area contributed by atoms with E-state index in [1.807, 2.05) is 25.1 Å². The fraction of sp³-hybridized carbons (Fsp3) is 0.636. The maximum atomic E-state index is 13.1. The molecule has 0 unspecified atom stereocenters. The fourth-order valence-corrected chi connectivity index (χ4v) is 4.34. The number of rotatable bonds is 6. The van der Waals surface area contributed by atoms with Crippen molar-refractivity contribution in [3.8, 4) is 0 Å². The Hall–Kier alpha value is -1.88.